The molecule has 0 rings (SSSR count). The van der Waals surface area contributed by atoms with E-state index in [1.807, 2.05) is 21.1 Å². The van der Waals surface area contributed by atoms with Crippen molar-refractivity contribution in [1.82, 2.24) is 5.32 Å². The highest BCUT2D eigenvalue weighted by atomic mass is 31.2. The van der Waals surface area contributed by atoms with Crippen LogP contribution >= 0.6 is 7.82 Å². The molecule has 1 amide bonds. The number of rotatable bonds is 49. The van der Waals surface area contributed by atoms with Gasteiger partial charge in [-0.3, -0.25) is 13.8 Å². The van der Waals surface area contributed by atoms with Crippen LogP contribution in [0.2, 0.25) is 0 Å². The maximum absolute atomic E-state index is 12.9. The average molecular weight is 886 g/mol. The molecule has 0 aliphatic rings. The number of allylic oxidation sites excluding steroid dienone is 2. The molecule has 3 atom stereocenters. The zero-order chi connectivity index (χ0) is 45.0. The van der Waals surface area contributed by atoms with Gasteiger partial charge in [-0.2, -0.15) is 0 Å². The number of aliphatic hydroxyl groups excluding tert-OH is 1. The number of phosphoric acid groups is 1. The highest BCUT2D eigenvalue weighted by Crippen LogP contribution is 2.43. The van der Waals surface area contributed by atoms with E-state index in [0.29, 0.717) is 23.9 Å². The van der Waals surface area contributed by atoms with Gasteiger partial charge in [-0.1, -0.05) is 231 Å². The van der Waals surface area contributed by atoms with E-state index in [1.54, 1.807) is 0 Å². The van der Waals surface area contributed by atoms with Crippen LogP contribution in [0.5, 0.6) is 0 Å². The molecule has 0 aromatic heterocycles. The average Bonchev–Trinajstić information content (AvgIpc) is 3.21. The number of hydrogen-bond acceptors (Lipinski definition) is 5. The number of carbonyl (C=O) groups is 1. The maximum Gasteiger partial charge on any atom is 0.472 e. The van der Waals surface area contributed by atoms with Gasteiger partial charge in [-0.25, -0.2) is 4.57 Å². The zero-order valence-corrected chi connectivity index (χ0v) is 42.3. The third-order valence-corrected chi connectivity index (χ3v) is 13.2. The minimum absolute atomic E-state index is 0.0752. The molecule has 0 aliphatic carbocycles. The van der Waals surface area contributed by atoms with Gasteiger partial charge < -0.3 is 19.8 Å². The number of aliphatic hydroxyl groups is 1. The monoisotopic (exact) mass is 886 g/mol. The molecule has 0 radical (unpaired) electrons. The number of unbranched alkanes of at least 4 members (excludes halogenated alkanes) is 34. The first kappa shape index (κ1) is 60.2. The molecule has 0 aromatic carbocycles. The minimum Gasteiger partial charge on any atom is -0.391 e. The van der Waals surface area contributed by atoms with E-state index < -0.39 is 20.0 Å². The Morgan fingerprint density at radius 2 is 0.885 bits per heavy atom. The van der Waals surface area contributed by atoms with Gasteiger partial charge in [0.05, 0.1) is 39.9 Å². The van der Waals surface area contributed by atoms with E-state index in [-0.39, 0.29) is 19.1 Å². The Bertz CT molecular complexity index is 1000. The standard InChI is InChI=1S/C52H105N2O6P/c1-6-8-10-12-14-16-18-20-21-22-23-24-25-26-27-28-29-30-31-32-34-35-37-39-41-43-45-51(55)50(49-60-61(57,58)59-48-47-54(3,4)5)53-52(56)46-44-42-40-38-36-33-19-17-15-13-11-9-7-2/h17,19,50-51,55H,6-16,18,20-49H2,1-5H3,(H-,53,56,57,58)/p+1/b19-17-. The largest absolute Gasteiger partial charge is 0.472 e. The number of quaternary nitrogens is 1. The first-order chi connectivity index (χ1) is 29.5. The molecule has 0 bridgehead atoms. The second-order valence-corrected chi connectivity index (χ2v) is 21.1. The van der Waals surface area contributed by atoms with Crippen molar-refractivity contribution in [3.63, 3.8) is 0 Å². The third kappa shape index (κ3) is 47.0. The molecular weight excluding hydrogens is 780 g/mol. The van der Waals surface area contributed by atoms with Crippen LogP contribution in [-0.2, 0) is 18.4 Å². The number of hydrogen-bond donors (Lipinski definition) is 3. The predicted octanol–water partition coefficient (Wildman–Crippen LogP) is 15.5. The Hall–Kier alpha value is -0.760. The SMILES string of the molecule is CCCCCC/C=C\CCCCCCCC(=O)NC(COP(=O)(O)OCC[N+](C)(C)C)C(O)CCCCCCCCCCCCCCCCCCCCCCCCCCCC. The fraction of sp³-hybridized carbons (Fsp3) is 0.942. The van der Waals surface area contributed by atoms with Crippen molar-refractivity contribution in [3.05, 3.63) is 12.2 Å². The number of phosphoric ester groups is 1. The van der Waals surface area contributed by atoms with Crippen molar-refractivity contribution in [3.8, 4) is 0 Å². The molecule has 0 saturated heterocycles. The molecule has 0 aromatic rings. The van der Waals surface area contributed by atoms with Gasteiger partial charge in [0, 0.05) is 6.42 Å². The van der Waals surface area contributed by atoms with Crippen LogP contribution in [0.1, 0.15) is 264 Å². The quantitative estimate of drug-likeness (QED) is 0.0243. The Kier molecular flexibility index (Phi) is 43.9. The summed E-state index contributed by atoms with van der Waals surface area (Å²) in [5.74, 6) is -0.151. The van der Waals surface area contributed by atoms with Gasteiger partial charge in [0.2, 0.25) is 5.91 Å². The molecule has 0 heterocycles. The molecule has 3 N–H and O–H groups in total. The van der Waals surface area contributed by atoms with Crippen molar-refractivity contribution in [2.24, 2.45) is 0 Å². The van der Waals surface area contributed by atoms with E-state index in [1.165, 1.54) is 186 Å². The van der Waals surface area contributed by atoms with Crippen molar-refractivity contribution in [1.29, 1.82) is 0 Å². The van der Waals surface area contributed by atoms with Gasteiger partial charge in [0.25, 0.3) is 0 Å². The van der Waals surface area contributed by atoms with Gasteiger partial charge in [0.15, 0.2) is 0 Å². The lowest BCUT2D eigenvalue weighted by molar-refractivity contribution is -0.870. The summed E-state index contributed by atoms with van der Waals surface area (Å²) in [6, 6.07) is -0.761. The van der Waals surface area contributed by atoms with Crippen LogP contribution in [0.3, 0.4) is 0 Å². The molecule has 0 aliphatic heterocycles. The zero-order valence-electron chi connectivity index (χ0n) is 41.4. The van der Waals surface area contributed by atoms with Crippen LogP contribution in [0.4, 0.5) is 0 Å². The van der Waals surface area contributed by atoms with Crippen molar-refractivity contribution < 1.29 is 32.9 Å². The topological polar surface area (TPSA) is 105 Å². The number of nitrogens with one attached hydrogen (secondary N) is 1. The summed E-state index contributed by atoms with van der Waals surface area (Å²) in [5.41, 5.74) is 0. The molecular formula is C52H106N2O6P+. The van der Waals surface area contributed by atoms with E-state index in [0.717, 1.165) is 51.4 Å². The fourth-order valence-corrected chi connectivity index (χ4v) is 8.78. The molecule has 8 nitrogen and oxygen atoms in total. The van der Waals surface area contributed by atoms with Gasteiger partial charge >= 0.3 is 7.82 Å². The van der Waals surface area contributed by atoms with Crippen molar-refractivity contribution in [2.45, 2.75) is 276 Å². The lowest BCUT2D eigenvalue weighted by atomic mass is 10.0. The molecule has 0 saturated carbocycles. The number of carbonyl (C=O) groups excluding carboxylic acids is 1. The number of likely N-dealkylation sites (N-methyl/N-ethyl adjacent to an activating group) is 1. The predicted molar refractivity (Wildman–Crippen MR) is 263 cm³/mol. The van der Waals surface area contributed by atoms with Crippen LogP contribution in [0, 0.1) is 0 Å². The molecule has 9 heteroatoms. The normalized spacial score (nSPS) is 14.1. The summed E-state index contributed by atoms with van der Waals surface area (Å²) in [7, 11) is 1.62. The Labute approximate surface area is 380 Å². The van der Waals surface area contributed by atoms with Crippen LogP contribution in [0.25, 0.3) is 0 Å². The van der Waals surface area contributed by atoms with E-state index in [9.17, 15) is 19.4 Å². The lowest BCUT2D eigenvalue weighted by Crippen LogP contribution is -2.46. The minimum atomic E-state index is -4.32. The van der Waals surface area contributed by atoms with Crippen LogP contribution in [-0.4, -0.2) is 73.4 Å². The maximum atomic E-state index is 12.9. The smallest absolute Gasteiger partial charge is 0.391 e. The highest BCUT2D eigenvalue weighted by molar-refractivity contribution is 7.47. The summed E-state index contributed by atoms with van der Waals surface area (Å²) < 4.78 is 23.7. The van der Waals surface area contributed by atoms with Crippen LogP contribution in [0.15, 0.2) is 12.2 Å². The molecule has 61 heavy (non-hydrogen) atoms. The Balaban J connectivity index is 4.12. The highest BCUT2D eigenvalue weighted by Gasteiger charge is 2.28. The van der Waals surface area contributed by atoms with E-state index >= 15 is 0 Å². The second kappa shape index (κ2) is 44.4. The van der Waals surface area contributed by atoms with Gasteiger partial charge in [-0.15, -0.1) is 0 Å². The summed E-state index contributed by atoms with van der Waals surface area (Å²) in [4.78, 5) is 23.2. The number of amides is 1. The summed E-state index contributed by atoms with van der Waals surface area (Å²) >= 11 is 0. The van der Waals surface area contributed by atoms with Crippen LogP contribution < -0.4 is 5.32 Å². The van der Waals surface area contributed by atoms with Gasteiger partial charge in [0.1, 0.15) is 13.2 Å². The third-order valence-electron chi connectivity index (χ3n) is 12.3. The summed E-state index contributed by atoms with van der Waals surface area (Å²) in [6.45, 7) is 4.89. The molecule has 364 valence electrons. The first-order valence-corrected chi connectivity index (χ1v) is 28.0. The van der Waals surface area contributed by atoms with Crippen molar-refractivity contribution in [2.75, 3.05) is 40.9 Å². The summed E-state index contributed by atoms with van der Waals surface area (Å²) in [5, 5.41) is 14.0. The molecule has 3 unspecified atom stereocenters. The van der Waals surface area contributed by atoms with Gasteiger partial charge in [-0.05, 0) is 38.5 Å². The Morgan fingerprint density at radius 3 is 1.28 bits per heavy atom. The van der Waals surface area contributed by atoms with E-state index in [4.69, 9.17) is 9.05 Å². The Morgan fingerprint density at radius 1 is 0.541 bits per heavy atom. The summed E-state index contributed by atoms with van der Waals surface area (Å²) in [6.07, 6.45) is 52.6. The molecule has 0 spiro atoms. The fourth-order valence-electron chi connectivity index (χ4n) is 8.04. The number of nitrogens with zero attached hydrogens (tertiary/aromatic N) is 1. The van der Waals surface area contributed by atoms with Crippen molar-refractivity contribution >= 4 is 13.7 Å². The second-order valence-electron chi connectivity index (χ2n) is 19.6. The van der Waals surface area contributed by atoms with E-state index in [2.05, 4.69) is 31.3 Å². The first-order valence-electron chi connectivity index (χ1n) is 26.6. The lowest BCUT2D eigenvalue weighted by Gasteiger charge is -2.26. The molecule has 0 fully saturated rings.